The first-order chi connectivity index (χ1) is 13.4. The van der Waals surface area contributed by atoms with Gasteiger partial charge in [0.15, 0.2) is 0 Å². The van der Waals surface area contributed by atoms with Gasteiger partial charge >= 0.3 is 0 Å². The Balaban J connectivity index is 1.60. The fraction of sp³-hybridized carbons (Fsp3) is 0.158. The van der Waals surface area contributed by atoms with Crippen molar-refractivity contribution in [2.45, 2.75) is 13.0 Å². The van der Waals surface area contributed by atoms with Crippen LogP contribution in [-0.4, -0.2) is 36.1 Å². The van der Waals surface area contributed by atoms with E-state index in [9.17, 15) is 14.4 Å². The van der Waals surface area contributed by atoms with E-state index in [2.05, 4.69) is 37.0 Å². The number of anilines is 2. The molecular weight excluding hydrogens is 426 g/mol. The molecule has 0 spiro atoms. The average Bonchev–Trinajstić information content (AvgIpc) is 2.70. The Morgan fingerprint density at radius 2 is 1.82 bits per heavy atom. The molecule has 2 aromatic rings. The van der Waals surface area contributed by atoms with Gasteiger partial charge in [0.1, 0.15) is 6.04 Å². The highest BCUT2D eigenvalue weighted by molar-refractivity contribution is 9.10. The van der Waals surface area contributed by atoms with Crippen LogP contribution in [0.4, 0.5) is 11.4 Å². The molecule has 9 heteroatoms. The zero-order valence-corrected chi connectivity index (χ0v) is 16.6. The van der Waals surface area contributed by atoms with Crippen molar-refractivity contribution in [3.8, 4) is 0 Å². The lowest BCUT2D eigenvalue weighted by Gasteiger charge is -2.30. The maximum atomic E-state index is 12.4. The molecule has 3 N–H and O–H groups in total. The van der Waals surface area contributed by atoms with Gasteiger partial charge in [0.25, 0.3) is 11.8 Å². The van der Waals surface area contributed by atoms with Crippen LogP contribution in [0.25, 0.3) is 0 Å². The number of nitrogens with zero attached hydrogens (tertiary/aromatic N) is 2. The zero-order chi connectivity index (χ0) is 20.1. The van der Waals surface area contributed by atoms with Crippen LogP contribution in [0.3, 0.4) is 0 Å². The largest absolute Gasteiger partial charge is 0.340 e. The standard InChI is InChI=1S/C19H18BrN5O3/c1-12-19(28)25(15-5-3-2-4-6-15)24-17(22-12)18(27)21-11-16(26)23-14-9-7-13(20)8-10-14/h2-10,12H,11H2,1H3,(H,21,27)(H,22,24)(H,23,26). The van der Waals surface area contributed by atoms with E-state index in [-0.39, 0.29) is 24.2 Å². The molecule has 0 aromatic heterocycles. The topological polar surface area (TPSA) is 103 Å². The number of hydrogen-bond donors (Lipinski definition) is 3. The lowest BCUT2D eigenvalue weighted by molar-refractivity contribution is -0.121. The number of halogens is 1. The molecule has 0 radical (unpaired) electrons. The van der Waals surface area contributed by atoms with E-state index in [0.717, 1.165) is 4.47 Å². The second-order valence-corrected chi connectivity index (χ2v) is 6.93. The number of hydrogen-bond acceptors (Lipinski definition) is 5. The molecule has 144 valence electrons. The average molecular weight is 444 g/mol. The number of benzene rings is 2. The molecule has 3 rings (SSSR count). The Bertz CT molecular complexity index is 915. The SMILES string of the molecule is CC1N=C(C(=O)NCC(=O)Nc2ccc(Br)cc2)NN(c2ccccc2)C1=O. The van der Waals surface area contributed by atoms with Crippen molar-refractivity contribution < 1.29 is 14.4 Å². The van der Waals surface area contributed by atoms with E-state index in [4.69, 9.17) is 0 Å². The fourth-order valence-corrected chi connectivity index (χ4v) is 2.75. The van der Waals surface area contributed by atoms with Crippen LogP contribution in [0.5, 0.6) is 0 Å². The van der Waals surface area contributed by atoms with Crippen molar-refractivity contribution in [3.05, 3.63) is 59.1 Å². The maximum absolute atomic E-state index is 12.4. The summed E-state index contributed by atoms with van der Waals surface area (Å²) in [5.41, 5.74) is 3.92. The maximum Gasteiger partial charge on any atom is 0.288 e. The van der Waals surface area contributed by atoms with Crippen molar-refractivity contribution in [2.24, 2.45) is 4.99 Å². The molecule has 28 heavy (non-hydrogen) atoms. The quantitative estimate of drug-likeness (QED) is 0.655. The minimum Gasteiger partial charge on any atom is -0.340 e. The summed E-state index contributed by atoms with van der Waals surface area (Å²) < 4.78 is 0.895. The highest BCUT2D eigenvalue weighted by atomic mass is 79.9. The summed E-state index contributed by atoms with van der Waals surface area (Å²) in [6.07, 6.45) is 0. The van der Waals surface area contributed by atoms with Gasteiger partial charge in [-0.1, -0.05) is 34.1 Å². The Morgan fingerprint density at radius 1 is 1.14 bits per heavy atom. The van der Waals surface area contributed by atoms with Crippen LogP contribution in [0.2, 0.25) is 0 Å². The second kappa shape index (κ2) is 8.66. The smallest absolute Gasteiger partial charge is 0.288 e. The highest BCUT2D eigenvalue weighted by Gasteiger charge is 2.30. The minimum atomic E-state index is -0.723. The first-order valence-electron chi connectivity index (χ1n) is 8.51. The number of hydrazine groups is 1. The fourth-order valence-electron chi connectivity index (χ4n) is 2.49. The van der Waals surface area contributed by atoms with Gasteiger partial charge < -0.3 is 10.6 Å². The van der Waals surface area contributed by atoms with Gasteiger partial charge in [-0.2, -0.15) is 0 Å². The molecule has 1 aliphatic heterocycles. The normalized spacial score (nSPS) is 16.1. The van der Waals surface area contributed by atoms with Crippen LogP contribution in [0, 0.1) is 0 Å². The lowest BCUT2D eigenvalue weighted by atomic mass is 10.2. The Labute approximate surface area is 170 Å². The summed E-state index contributed by atoms with van der Waals surface area (Å²) in [5.74, 6) is -1.27. The third-order valence-corrected chi connectivity index (χ3v) is 4.41. The molecule has 0 fully saturated rings. The van der Waals surface area contributed by atoms with Gasteiger partial charge in [-0.05, 0) is 43.3 Å². The van der Waals surface area contributed by atoms with Gasteiger partial charge in [-0.25, -0.2) is 10.0 Å². The summed E-state index contributed by atoms with van der Waals surface area (Å²) in [6, 6.07) is 15.2. The minimum absolute atomic E-state index is 0.0348. The molecule has 1 heterocycles. The molecule has 8 nitrogen and oxygen atoms in total. The molecule has 3 amide bonds. The van der Waals surface area contributed by atoms with Crippen LogP contribution in [0.15, 0.2) is 64.1 Å². The van der Waals surface area contributed by atoms with Gasteiger partial charge in [-0.3, -0.25) is 19.8 Å². The molecule has 1 atom stereocenters. The van der Waals surface area contributed by atoms with E-state index in [1.165, 1.54) is 5.01 Å². The molecule has 1 unspecified atom stereocenters. The van der Waals surface area contributed by atoms with Crippen molar-refractivity contribution in [1.82, 2.24) is 10.7 Å². The Morgan fingerprint density at radius 3 is 2.50 bits per heavy atom. The molecular formula is C19H18BrN5O3. The predicted molar refractivity (Wildman–Crippen MR) is 110 cm³/mol. The summed E-state index contributed by atoms with van der Waals surface area (Å²) in [6.45, 7) is 1.37. The zero-order valence-electron chi connectivity index (χ0n) is 15.0. The van der Waals surface area contributed by atoms with E-state index in [1.807, 2.05) is 6.07 Å². The van der Waals surface area contributed by atoms with Crippen molar-refractivity contribution >= 4 is 50.9 Å². The summed E-state index contributed by atoms with van der Waals surface area (Å²) in [4.78, 5) is 40.8. The van der Waals surface area contributed by atoms with Crippen molar-refractivity contribution in [2.75, 3.05) is 16.9 Å². The van der Waals surface area contributed by atoms with Crippen LogP contribution in [0.1, 0.15) is 6.92 Å². The third kappa shape index (κ3) is 4.74. The Hall–Kier alpha value is -3.20. The van der Waals surface area contributed by atoms with Gasteiger partial charge in [-0.15, -0.1) is 0 Å². The van der Waals surface area contributed by atoms with Gasteiger partial charge in [0, 0.05) is 10.2 Å². The molecule has 0 aliphatic carbocycles. The Kier molecular flexibility index (Phi) is 6.05. The number of carbonyl (C=O) groups is 3. The summed E-state index contributed by atoms with van der Waals surface area (Å²) >= 11 is 3.32. The summed E-state index contributed by atoms with van der Waals surface area (Å²) in [5, 5.41) is 6.45. The number of para-hydroxylation sites is 1. The van der Waals surface area contributed by atoms with E-state index < -0.39 is 11.9 Å². The number of nitrogens with one attached hydrogen (secondary N) is 3. The van der Waals surface area contributed by atoms with E-state index >= 15 is 0 Å². The first kappa shape index (κ1) is 19.6. The van der Waals surface area contributed by atoms with Gasteiger partial charge in [0.2, 0.25) is 11.7 Å². The lowest BCUT2D eigenvalue weighted by Crippen LogP contribution is -2.58. The number of rotatable bonds is 5. The number of amidine groups is 1. The van der Waals surface area contributed by atoms with Crippen molar-refractivity contribution in [1.29, 1.82) is 0 Å². The molecule has 0 bridgehead atoms. The van der Waals surface area contributed by atoms with Crippen LogP contribution >= 0.6 is 15.9 Å². The monoisotopic (exact) mass is 443 g/mol. The molecule has 1 aliphatic rings. The van der Waals surface area contributed by atoms with E-state index in [1.54, 1.807) is 55.5 Å². The van der Waals surface area contributed by atoms with Crippen LogP contribution < -0.4 is 21.1 Å². The van der Waals surface area contributed by atoms with Crippen LogP contribution in [-0.2, 0) is 14.4 Å². The number of aliphatic imine (C=N–C) groups is 1. The van der Waals surface area contributed by atoms with Gasteiger partial charge in [0.05, 0.1) is 12.2 Å². The summed E-state index contributed by atoms with van der Waals surface area (Å²) in [7, 11) is 0. The number of amides is 3. The number of carbonyl (C=O) groups excluding carboxylic acids is 3. The molecule has 0 saturated heterocycles. The van der Waals surface area contributed by atoms with E-state index in [0.29, 0.717) is 11.4 Å². The molecule has 2 aromatic carbocycles. The molecule has 0 saturated carbocycles. The predicted octanol–water partition coefficient (Wildman–Crippen LogP) is 1.84. The highest BCUT2D eigenvalue weighted by Crippen LogP contribution is 2.16. The third-order valence-electron chi connectivity index (χ3n) is 3.89. The van der Waals surface area contributed by atoms with Crippen molar-refractivity contribution in [3.63, 3.8) is 0 Å². The first-order valence-corrected chi connectivity index (χ1v) is 9.30. The second-order valence-electron chi connectivity index (χ2n) is 6.01.